The van der Waals surface area contributed by atoms with Gasteiger partial charge in [-0.2, -0.15) is 0 Å². The van der Waals surface area contributed by atoms with Crippen LogP contribution >= 0.6 is 0 Å². The molecule has 0 aromatic heterocycles. The van der Waals surface area contributed by atoms with Gasteiger partial charge in [-0.15, -0.1) is 0 Å². The van der Waals surface area contributed by atoms with Gasteiger partial charge in [-0.05, 0) is 36.2 Å². The number of carbonyl (C=O) groups is 1. The molecule has 2 rings (SSSR count). The van der Waals surface area contributed by atoms with Gasteiger partial charge in [-0.25, -0.2) is 0 Å². The topological polar surface area (TPSA) is 66.0 Å². The summed E-state index contributed by atoms with van der Waals surface area (Å²) < 4.78 is 21.0. The number of amides is 1. The fourth-order valence-corrected chi connectivity index (χ4v) is 2.46. The quantitative estimate of drug-likeness (QED) is 0.797. The molecule has 6 nitrogen and oxygen atoms in total. The summed E-state index contributed by atoms with van der Waals surface area (Å²) in [6, 6.07) is 11.0. The molecule has 1 amide bonds. The minimum Gasteiger partial charge on any atom is -0.497 e. The van der Waals surface area contributed by atoms with Crippen molar-refractivity contribution in [2.45, 2.75) is 6.42 Å². The molecule has 0 radical (unpaired) electrons. The first-order chi connectivity index (χ1) is 12.1. The van der Waals surface area contributed by atoms with Crippen LogP contribution in [0.15, 0.2) is 36.4 Å². The third-order valence-electron chi connectivity index (χ3n) is 3.76. The molecule has 0 atom stereocenters. The van der Waals surface area contributed by atoms with Crippen LogP contribution in [0.3, 0.4) is 0 Å². The van der Waals surface area contributed by atoms with E-state index in [0.29, 0.717) is 35.8 Å². The maximum absolute atomic E-state index is 12.4. The first-order valence-electron chi connectivity index (χ1n) is 7.84. The standard InChI is InChI=1S/C19H23NO5/c1-22-15-7-5-6-13(10-15)8-9-20-19(21)14-11-16(23-2)18(25-4)17(12-14)24-3/h5-7,10-12H,8-9H2,1-4H3,(H,20,21). The van der Waals surface area contributed by atoms with Gasteiger partial charge in [0.15, 0.2) is 11.5 Å². The van der Waals surface area contributed by atoms with Crippen molar-refractivity contribution in [2.75, 3.05) is 35.0 Å². The lowest BCUT2D eigenvalue weighted by atomic mass is 10.1. The van der Waals surface area contributed by atoms with Crippen LogP contribution < -0.4 is 24.3 Å². The lowest BCUT2D eigenvalue weighted by molar-refractivity contribution is 0.0953. The van der Waals surface area contributed by atoms with Crippen LogP contribution in [0.4, 0.5) is 0 Å². The molecule has 0 aliphatic carbocycles. The molecule has 0 bridgehead atoms. The van der Waals surface area contributed by atoms with E-state index in [1.165, 1.54) is 21.3 Å². The number of ether oxygens (including phenoxy) is 4. The van der Waals surface area contributed by atoms with E-state index in [4.69, 9.17) is 18.9 Å². The Kier molecular flexibility index (Phi) is 6.51. The van der Waals surface area contributed by atoms with Crippen molar-refractivity contribution in [1.82, 2.24) is 5.32 Å². The van der Waals surface area contributed by atoms with E-state index in [2.05, 4.69) is 5.32 Å². The molecule has 0 saturated carbocycles. The van der Waals surface area contributed by atoms with Crippen LogP contribution in [-0.4, -0.2) is 40.9 Å². The van der Waals surface area contributed by atoms with Gasteiger partial charge in [0.05, 0.1) is 28.4 Å². The van der Waals surface area contributed by atoms with Crippen molar-refractivity contribution in [2.24, 2.45) is 0 Å². The molecule has 25 heavy (non-hydrogen) atoms. The fourth-order valence-electron chi connectivity index (χ4n) is 2.46. The molecule has 6 heteroatoms. The number of benzene rings is 2. The summed E-state index contributed by atoms with van der Waals surface area (Å²) in [4.78, 5) is 12.4. The normalized spacial score (nSPS) is 10.1. The molecule has 0 spiro atoms. The van der Waals surface area contributed by atoms with Gasteiger partial charge in [-0.1, -0.05) is 12.1 Å². The number of methoxy groups -OCH3 is 4. The van der Waals surface area contributed by atoms with Crippen molar-refractivity contribution < 1.29 is 23.7 Å². The van der Waals surface area contributed by atoms with Gasteiger partial charge in [0, 0.05) is 12.1 Å². The smallest absolute Gasteiger partial charge is 0.251 e. The number of hydrogen-bond acceptors (Lipinski definition) is 5. The van der Waals surface area contributed by atoms with Crippen molar-refractivity contribution in [3.63, 3.8) is 0 Å². The molecule has 0 fully saturated rings. The molecule has 2 aromatic rings. The summed E-state index contributed by atoms with van der Waals surface area (Å²) in [6.45, 7) is 0.503. The Bertz CT molecular complexity index is 704. The summed E-state index contributed by atoms with van der Waals surface area (Å²) in [7, 11) is 6.18. The van der Waals surface area contributed by atoms with Crippen LogP contribution in [0.2, 0.25) is 0 Å². The van der Waals surface area contributed by atoms with E-state index in [1.807, 2.05) is 24.3 Å². The molecule has 2 aromatic carbocycles. The highest BCUT2D eigenvalue weighted by Gasteiger charge is 2.16. The van der Waals surface area contributed by atoms with E-state index < -0.39 is 0 Å². The summed E-state index contributed by atoms with van der Waals surface area (Å²) in [5.41, 5.74) is 1.53. The molecule has 0 saturated heterocycles. The number of hydrogen-bond donors (Lipinski definition) is 1. The summed E-state index contributed by atoms with van der Waals surface area (Å²) in [5.74, 6) is 1.94. The third kappa shape index (κ3) is 4.56. The van der Waals surface area contributed by atoms with E-state index in [0.717, 1.165) is 11.3 Å². The Morgan fingerprint density at radius 1 is 0.920 bits per heavy atom. The Morgan fingerprint density at radius 2 is 1.60 bits per heavy atom. The lowest BCUT2D eigenvalue weighted by Crippen LogP contribution is -2.25. The number of rotatable bonds is 8. The zero-order chi connectivity index (χ0) is 18.2. The van der Waals surface area contributed by atoms with Crippen molar-refractivity contribution in [3.8, 4) is 23.0 Å². The van der Waals surface area contributed by atoms with Gasteiger partial charge in [0.1, 0.15) is 5.75 Å². The second-order valence-electron chi connectivity index (χ2n) is 5.27. The SMILES string of the molecule is COc1cccc(CCNC(=O)c2cc(OC)c(OC)c(OC)c2)c1. The largest absolute Gasteiger partial charge is 0.497 e. The maximum Gasteiger partial charge on any atom is 0.251 e. The van der Waals surface area contributed by atoms with E-state index in [-0.39, 0.29) is 5.91 Å². The third-order valence-corrected chi connectivity index (χ3v) is 3.76. The molecule has 0 heterocycles. The van der Waals surface area contributed by atoms with Crippen molar-refractivity contribution >= 4 is 5.91 Å². The molecule has 1 N–H and O–H groups in total. The van der Waals surface area contributed by atoms with E-state index in [9.17, 15) is 4.79 Å². The average Bonchev–Trinajstić information content (AvgIpc) is 2.66. The Balaban J connectivity index is 2.05. The lowest BCUT2D eigenvalue weighted by Gasteiger charge is -2.14. The molecular weight excluding hydrogens is 322 g/mol. The monoisotopic (exact) mass is 345 g/mol. The first-order valence-corrected chi connectivity index (χ1v) is 7.84. The molecular formula is C19H23NO5. The second kappa shape index (κ2) is 8.82. The zero-order valence-corrected chi connectivity index (χ0v) is 14.9. The van der Waals surface area contributed by atoms with E-state index >= 15 is 0 Å². The van der Waals surface area contributed by atoms with Crippen LogP contribution in [-0.2, 0) is 6.42 Å². The van der Waals surface area contributed by atoms with Gasteiger partial charge >= 0.3 is 0 Å². The Morgan fingerprint density at radius 3 is 2.16 bits per heavy atom. The van der Waals surface area contributed by atoms with Crippen LogP contribution in [0, 0.1) is 0 Å². The average molecular weight is 345 g/mol. The minimum atomic E-state index is -0.206. The molecule has 0 aliphatic rings. The van der Waals surface area contributed by atoms with Gasteiger partial charge in [0.25, 0.3) is 5.91 Å². The van der Waals surface area contributed by atoms with Crippen molar-refractivity contribution in [1.29, 1.82) is 0 Å². The Hall–Kier alpha value is -2.89. The first kappa shape index (κ1) is 18.4. The predicted molar refractivity (Wildman–Crippen MR) is 95.1 cm³/mol. The summed E-state index contributed by atoms with van der Waals surface area (Å²) in [6.07, 6.45) is 0.702. The predicted octanol–water partition coefficient (Wildman–Crippen LogP) is 2.69. The van der Waals surface area contributed by atoms with Crippen LogP contribution in [0.1, 0.15) is 15.9 Å². The second-order valence-corrected chi connectivity index (χ2v) is 5.27. The summed E-state index contributed by atoms with van der Waals surface area (Å²) in [5, 5.41) is 2.89. The van der Waals surface area contributed by atoms with Gasteiger partial charge in [0.2, 0.25) is 5.75 Å². The highest BCUT2D eigenvalue weighted by atomic mass is 16.5. The van der Waals surface area contributed by atoms with Crippen LogP contribution in [0.25, 0.3) is 0 Å². The molecule has 134 valence electrons. The fraction of sp³-hybridized carbons (Fsp3) is 0.316. The minimum absolute atomic E-state index is 0.206. The summed E-state index contributed by atoms with van der Waals surface area (Å²) >= 11 is 0. The van der Waals surface area contributed by atoms with Gasteiger partial charge in [-0.3, -0.25) is 4.79 Å². The van der Waals surface area contributed by atoms with E-state index in [1.54, 1.807) is 19.2 Å². The number of carbonyl (C=O) groups excluding carboxylic acids is 1. The van der Waals surface area contributed by atoms with Gasteiger partial charge < -0.3 is 24.3 Å². The highest BCUT2D eigenvalue weighted by molar-refractivity contribution is 5.95. The Labute approximate surface area is 147 Å². The highest BCUT2D eigenvalue weighted by Crippen LogP contribution is 2.38. The molecule has 0 unspecified atom stereocenters. The maximum atomic E-state index is 12.4. The zero-order valence-electron chi connectivity index (χ0n) is 14.9. The number of nitrogens with one attached hydrogen (secondary N) is 1. The molecule has 0 aliphatic heterocycles. The van der Waals surface area contributed by atoms with Crippen LogP contribution in [0.5, 0.6) is 23.0 Å². The van der Waals surface area contributed by atoms with Crippen molar-refractivity contribution in [3.05, 3.63) is 47.5 Å².